The molecule has 0 unspecified atom stereocenters. The van der Waals surface area contributed by atoms with Gasteiger partial charge in [-0.3, -0.25) is 0 Å². The van der Waals surface area contributed by atoms with Crippen molar-refractivity contribution in [2.45, 2.75) is 12.9 Å². The van der Waals surface area contributed by atoms with Crippen molar-refractivity contribution in [2.24, 2.45) is 0 Å². The van der Waals surface area contributed by atoms with Crippen LogP contribution in [0.3, 0.4) is 0 Å². The SMILES string of the molecule is C=C[SiH2]OC(C)(OC)OC. The largest absolute Gasteiger partial charge is 0.371 e. The number of methoxy groups -OCH3 is 2. The lowest BCUT2D eigenvalue weighted by Crippen LogP contribution is -2.34. The van der Waals surface area contributed by atoms with Gasteiger partial charge in [0.1, 0.15) is 0 Å². The van der Waals surface area contributed by atoms with E-state index in [9.17, 15) is 0 Å². The average molecular weight is 162 g/mol. The van der Waals surface area contributed by atoms with Gasteiger partial charge in [-0.15, -0.1) is 6.58 Å². The summed E-state index contributed by atoms with van der Waals surface area (Å²) in [5, 5.41) is 0. The molecule has 0 N–H and O–H groups in total. The zero-order valence-corrected chi connectivity index (χ0v) is 8.13. The topological polar surface area (TPSA) is 27.7 Å². The molecule has 0 amide bonds. The average Bonchev–Trinajstić information content (AvgIpc) is 2.00. The van der Waals surface area contributed by atoms with Gasteiger partial charge in [0.05, 0.1) is 0 Å². The molecule has 60 valence electrons. The molecule has 0 aliphatic heterocycles. The third-order valence-electron chi connectivity index (χ3n) is 1.20. The van der Waals surface area contributed by atoms with Crippen molar-refractivity contribution in [1.82, 2.24) is 0 Å². The van der Waals surface area contributed by atoms with Gasteiger partial charge in [0.25, 0.3) is 5.97 Å². The Morgan fingerprint density at radius 3 is 2.20 bits per heavy atom. The van der Waals surface area contributed by atoms with Crippen LogP contribution >= 0.6 is 0 Å². The van der Waals surface area contributed by atoms with Gasteiger partial charge in [0, 0.05) is 21.1 Å². The van der Waals surface area contributed by atoms with Crippen molar-refractivity contribution in [3.8, 4) is 0 Å². The molecule has 0 spiro atoms. The van der Waals surface area contributed by atoms with Gasteiger partial charge in [0.15, 0.2) is 9.76 Å². The van der Waals surface area contributed by atoms with E-state index < -0.39 is 15.7 Å². The van der Waals surface area contributed by atoms with Crippen LogP contribution < -0.4 is 0 Å². The van der Waals surface area contributed by atoms with Gasteiger partial charge in [-0.25, -0.2) is 0 Å². The minimum atomic E-state index is -0.875. The van der Waals surface area contributed by atoms with Crippen molar-refractivity contribution in [3.05, 3.63) is 12.3 Å². The molecule has 4 heteroatoms. The minimum Gasteiger partial charge on any atom is -0.371 e. The van der Waals surface area contributed by atoms with Crippen LogP contribution in [0, 0.1) is 0 Å². The molecule has 0 rings (SSSR count). The van der Waals surface area contributed by atoms with Crippen molar-refractivity contribution in [2.75, 3.05) is 14.2 Å². The fourth-order valence-electron chi connectivity index (χ4n) is 0.411. The molecule has 0 aromatic heterocycles. The molecule has 0 radical (unpaired) electrons. The van der Waals surface area contributed by atoms with Crippen LogP contribution in [0.15, 0.2) is 12.3 Å². The highest BCUT2D eigenvalue weighted by atomic mass is 28.2. The molecule has 10 heavy (non-hydrogen) atoms. The lowest BCUT2D eigenvalue weighted by atomic mass is 10.7. The fraction of sp³-hybridized carbons (Fsp3) is 0.667. The molecule has 3 nitrogen and oxygen atoms in total. The maximum atomic E-state index is 5.25. The molecular formula is C6H14O3Si. The van der Waals surface area contributed by atoms with Crippen molar-refractivity contribution < 1.29 is 13.9 Å². The summed E-state index contributed by atoms with van der Waals surface area (Å²) < 4.78 is 15.1. The fourth-order valence-corrected chi connectivity index (χ4v) is 1.07. The van der Waals surface area contributed by atoms with Crippen LogP contribution in [-0.2, 0) is 13.9 Å². The molecule has 0 bridgehead atoms. The van der Waals surface area contributed by atoms with Gasteiger partial charge >= 0.3 is 0 Å². The van der Waals surface area contributed by atoms with Gasteiger partial charge in [-0.2, -0.15) is 0 Å². The van der Waals surface area contributed by atoms with E-state index in [4.69, 9.17) is 13.9 Å². The second-order valence-electron chi connectivity index (χ2n) is 1.87. The van der Waals surface area contributed by atoms with E-state index in [-0.39, 0.29) is 0 Å². The third-order valence-corrected chi connectivity index (χ3v) is 2.13. The van der Waals surface area contributed by atoms with Gasteiger partial charge in [-0.05, 0) is 0 Å². The van der Waals surface area contributed by atoms with E-state index in [2.05, 4.69) is 6.58 Å². The minimum absolute atomic E-state index is 0.691. The van der Waals surface area contributed by atoms with E-state index >= 15 is 0 Å². The van der Waals surface area contributed by atoms with Gasteiger partial charge in [0.2, 0.25) is 0 Å². The van der Waals surface area contributed by atoms with Crippen molar-refractivity contribution >= 4 is 9.76 Å². The van der Waals surface area contributed by atoms with Crippen LogP contribution in [0.2, 0.25) is 0 Å². The molecule has 0 saturated carbocycles. The Kier molecular flexibility index (Phi) is 4.55. The van der Waals surface area contributed by atoms with Crippen LogP contribution in [0.4, 0.5) is 0 Å². The maximum Gasteiger partial charge on any atom is 0.269 e. The molecule has 0 aromatic rings. The Balaban J connectivity index is 3.68. The van der Waals surface area contributed by atoms with Crippen LogP contribution in [-0.4, -0.2) is 30.0 Å². The Morgan fingerprint density at radius 2 is 1.90 bits per heavy atom. The summed E-state index contributed by atoms with van der Waals surface area (Å²) in [5.74, 6) is -0.875. The van der Waals surface area contributed by atoms with Crippen LogP contribution in [0.25, 0.3) is 0 Å². The van der Waals surface area contributed by atoms with Gasteiger partial charge < -0.3 is 13.9 Å². The second-order valence-corrected chi connectivity index (χ2v) is 3.07. The maximum absolute atomic E-state index is 5.25. The smallest absolute Gasteiger partial charge is 0.269 e. The lowest BCUT2D eigenvalue weighted by molar-refractivity contribution is -0.310. The van der Waals surface area contributed by atoms with Crippen LogP contribution in [0.5, 0.6) is 0 Å². The number of rotatable bonds is 5. The normalized spacial score (nSPS) is 12.7. The summed E-state index contributed by atoms with van der Waals surface area (Å²) in [4.78, 5) is 0. The predicted molar refractivity (Wildman–Crippen MR) is 42.2 cm³/mol. The van der Waals surface area contributed by atoms with Crippen molar-refractivity contribution in [1.29, 1.82) is 0 Å². The van der Waals surface area contributed by atoms with Crippen LogP contribution in [0.1, 0.15) is 6.92 Å². The van der Waals surface area contributed by atoms with E-state index in [1.54, 1.807) is 26.8 Å². The number of hydrogen-bond donors (Lipinski definition) is 0. The zero-order chi connectivity index (χ0) is 8.04. The molecule has 0 heterocycles. The zero-order valence-electron chi connectivity index (χ0n) is 6.72. The van der Waals surface area contributed by atoms with E-state index in [1.165, 1.54) is 0 Å². The first-order chi connectivity index (χ1) is 4.68. The second kappa shape index (κ2) is 4.62. The quantitative estimate of drug-likeness (QED) is 0.427. The molecule has 0 atom stereocenters. The van der Waals surface area contributed by atoms with Gasteiger partial charge in [-0.1, -0.05) is 5.70 Å². The van der Waals surface area contributed by atoms with E-state index in [1.807, 2.05) is 0 Å². The summed E-state index contributed by atoms with van der Waals surface area (Å²) in [6.45, 7) is 5.28. The first-order valence-corrected chi connectivity index (χ1v) is 4.43. The third kappa shape index (κ3) is 3.12. The Labute approximate surface area is 63.9 Å². The molecule has 0 aliphatic rings. The summed E-state index contributed by atoms with van der Waals surface area (Å²) in [7, 11) is 2.39. The van der Waals surface area contributed by atoms with E-state index in [0.29, 0.717) is 0 Å². The summed E-state index contributed by atoms with van der Waals surface area (Å²) in [6.07, 6.45) is 0. The number of ether oxygens (including phenoxy) is 2. The first-order valence-electron chi connectivity index (χ1n) is 3.03. The van der Waals surface area contributed by atoms with E-state index in [0.717, 1.165) is 0 Å². The molecule has 0 aromatic carbocycles. The first kappa shape index (κ1) is 9.84. The molecule has 0 saturated heterocycles. The van der Waals surface area contributed by atoms with Crippen molar-refractivity contribution in [3.63, 3.8) is 0 Å². The summed E-state index contributed by atoms with van der Waals surface area (Å²) >= 11 is 0. The summed E-state index contributed by atoms with van der Waals surface area (Å²) in [6, 6.07) is 0. The Bertz CT molecular complexity index is 101. The predicted octanol–water partition coefficient (Wildman–Crippen LogP) is 0.197. The highest BCUT2D eigenvalue weighted by Crippen LogP contribution is 2.09. The summed E-state index contributed by atoms with van der Waals surface area (Å²) in [5.41, 5.74) is 1.77. The standard InChI is InChI=1S/C6H14O3Si/c1-5-10-9-6(2,7-3)8-4/h5H,1,10H2,2-4H3. The molecule has 0 aliphatic carbocycles. The lowest BCUT2D eigenvalue weighted by Gasteiger charge is -2.25. The Hall–Kier alpha value is -0.163. The Morgan fingerprint density at radius 1 is 1.40 bits per heavy atom. The molecular weight excluding hydrogens is 148 g/mol. The highest BCUT2D eigenvalue weighted by molar-refractivity contribution is 6.34. The monoisotopic (exact) mass is 162 g/mol. The molecule has 0 fully saturated rings. The number of hydrogen-bond acceptors (Lipinski definition) is 3. The highest BCUT2D eigenvalue weighted by Gasteiger charge is 2.21.